The van der Waals surface area contributed by atoms with Gasteiger partial charge in [0.05, 0.1) is 5.71 Å². The average Bonchev–Trinajstić information content (AvgIpc) is 2.19. The second-order valence-electron chi connectivity index (χ2n) is 2.75. The fourth-order valence-electron chi connectivity index (χ4n) is 0.863. The largest absolute Gasteiger partial charge is 0.396 e. The Morgan fingerprint density at radius 2 is 2.36 bits per heavy atom. The molecule has 0 aliphatic heterocycles. The Labute approximate surface area is 90.6 Å². The molecule has 4 heteroatoms. The van der Waals surface area contributed by atoms with Crippen molar-refractivity contribution >= 4 is 18.1 Å². The number of oxime groups is 1. The molecule has 0 aliphatic carbocycles. The summed E-state index contributed by atoms with van der Waals surface area (Å²) in [4.78, 5) is 9.06. The van der Waals surface area contributed by atoms with Crippen molar-refractivity contribution in [3.05, 3.63) is 30.1 Å². The predicted molar refractivity (Wildman–Crippen MR) is 59.9 cm³/mol. The van der Waals surface area contributed by atoms with Crippen molar-refractivity contribution in [1.82, 2.24) is 4.98 Å². The van der Waals surface area contributed by atoms with Gasteiger partial charge in [0.2, 0.25) is 0 Å². The van der Waals surface area contributed by atoms with Crippen LogP contribution in [0.15, 0.2) is 29.7 Å². The Morgan fingerprint density at radius 1 is 1.57 bits per heavy atom. The minimum atomic E-state index is 0. The number of nitrogens with zero attached hydrogens (tertiary/aromatic N) is 2. The summed E-state index contributed by atoms with van der Waals surface area (Å²) >= 11 is 0. The molecule has 0 atom stereocenters. The van der Waals surface area contributed by atoms with Gasteiger partial charge in [-0.2, -0.15) is 0 Å². The first-order valence-corrected chi connectivity index (χ1v) is 4.41. The van der Waals surface area contributed by atoms with E-state index in [4.69, 9.17) is 4.84 Å². The molecule has 0 saturated carbocycles. The lowest BCUT2D eigenvalue weighted by Crippen LogP contribution is -1.97. The van der Waals surface area contributed by atoms with Gasteiger partial charge in [-0.1, -0.05) is 12.1 Å². The summed E-state index contributed by atoms with van der Waals surface area (Å²) in [7, 11) is 0. The lowest BCUT2D eigenvalue weighted by molar-refractivity contribution is 0.145. The van der Waals surface area contributed by atoms with Gasteiger partial charge < -0.3 is 4.84 Å². The van der Waals surface area contributed by atoms with Gasteiger partial charge in [0.25, 0.3) is 0 Å². The molecule has 14 heavy (non-hydrogen) atoms. The van der Waals surface area contributed by atoms with E-state index in [9.17, 15) is 0 Å². The zero-order chi connectivity index (χ0) is 9.52. The van der Waals surface area contributed by atoms with Crippen molar-refractivity contribution in [1.29, 1.82) is 0 Å². The standard InChI is InChI=1S/C10H14N2O.ClH/c1-3-7-13-12-9(2)10-5-4-6-11-8-10;/h4-6,8H,3,7H2,1-2H3;1H/b12-9-;. The van der Waals surface area contributed by atoms with Crippen LogP contribution in [0.4, 0.5) is 0 Å². The van der Waals surface area contributed by atoms with Crippen LogP contribution in [0, 0.1) is 0 Å². The normalized spacial score (nSPS) is 10.6. The molecule has 1 aromatic rings. The zero-order valence-electron chi connectivity index (χ0n) is 8.43. The minimum absolute atomic E-state index is 0. The Kier molecular flexibility index (Phi) is 6.76. The maximum atomic E-state index is 5.06. The zero-order valence-corrected chi connectivity index (χ0v) is 9.25. The van der Waals surface area contributed by atoms with Gasteiger partial charge in [0, 0.05) is 18.0 Å². The highest BCUT2D eigenvalue weighted by molar-refractivity contribution is 5.97. The first-order valence-electron chi connectivity index (χ1n) is 4.41. The Balaban J connectivity index is 0.00000169. The van der Waals surface area contributed by atoms with Crippen LogP contribution >= 0.6 is 12.4 Å². The molecule has 0 saturated heterocycles. The summed E-state index contributed by atoms with van der Waals surface area (Å²) in [5.74, 6) is 0. The number of hydrogen-bond acceptors (Lipinski definition) is 3. The maximum Gasteiger partial charge on any atom is 0.116 e. The Hall–Kier alpha value is -1.09. The molecular formula is C10H15ClN2O. The smallest absolute Gasteiger partial charge is 0.116 e. The monoisotopic (exact) mass is 214 g/mol. The highest BCUT2D eigenvalue weighted by Crippen LogP contribution is 1.98. The van der Waals surface area contributed by atoms with Crippen LogP contribution in [0.5, 0.6) is 0 Å². The van der Waals surface area contributed by atoms with Crippen molar-refractivity contribution in [2.24, 2.45) is 5.16 Å². The fourth-order valence-corrected chi connectivity index (χ4v) is 0.863. The van der Waals surface area contributed by atoms with E-state index in [1.165, 1.54) is 0 Å². The van der Waals surface area contributed by atoms with E-state index >= 15 is 0 Å². The van der Waals surface area contributed by atoms with E-state index < -0.39 is 0 Å². The molecule has 1 heterocycles. The summed E-state index contributed by atoms with van der Waals surface area (Å²) in [6, 6.07) is 3.84. The Bertz CT molecular complexity index is 275. The summed E-state index contributed by atoms with van der Waals surface area (Å²) in [5, 5.41) is 3.96. The average molecular weight is 215 g/mol. The highest BCUT2D eigenvalue weighted by atomic mass is 35.5. The van der Waals surface area contributed by atoms with Crippen LogP contribution in [0.1, 0.15) is 25.8 Å². The molecule has 0 aliphatic rings. The number of aromatic nitrogens is 1. The van der Waals surface area contributed by atoms with Gasteiger partial charge in [0.15, 0.2) is 0 Å². The third-order valence-corrected chi connectivity index (χ3v) is 1.58. The number of rotatable bonds is 4. The van der Waals surface area contributed by atoms with Gasteiger partial charge in [0.1, 0.15) is 6.61 Å². The second-order valence-corrected chi connectivity index (χ2v) is 2.75. The molecule has 1 aromatic heterocycles. The topological polar surface area (TPSA) is 34.5 Å². The third-order valence-electron chi connectivity index (χ3n) is 1.58. The van der Waals surface area contributed by atoms with Gasteiger partial charge in [-0.25, -0.2) is 0 Å². The van der Waals surface area contributed by atoms with E-state index in [2.05, 4.69) is 17.1 Å². The van der Waals surface area contributed by atoms with Gasteiger partial charge in [-0.05, 0) is 25.5 Å². The van der Waals surface area contributed by atoms with Crippen LogP contribution in [-0.2, 0) is 4.84 Å². The van der Waals surface area contributed by atoms with Crippen molar-refractivity contribution in [2.75, 3.05) is 6.61 Å². The van der Waals surface area contributed by atoms with Gasteiger partial charge >= 0.3 is 0 Å². The molecule has 1 rings (SSSR count). The maximum absolute atomic E-state index is 5.06. The van der Waals surface area contributed by atoms with E-state index in [1.54, 1.807) is 12.4 Å². The molecule has 0 bridgehead atoms. The van der Waals surface area contributed by atoms with Crippen LogP contribution in [0.3, 0.4) is 0 Å². The molecule has 0 N–H and O–H groups in total. The molecule has 78 valence electrons. The molecule has 3 nitrogen and oxygen atoms in total. The minimum Gasteiger partial charge on any atom is -0.396 e. The van der Waals surface area contributed by atoms with Crippen LogP contribution in [0.2, 0.25) is 0 Å². The van der Waals surface area contributed by atoms with Gasteiger partial charge in [-0.15, -0.1) is 12.4 Å². The number of halogens is 1. The number of pyridine rings is 1. The van der Waals surface area contributed by atoms with Crippen LogP contribution in [-0.4, -0.2) is 17.3 Å². The summed E-state index contributed by atoms with van der Waals surface area (Å²) < 4.78 is 0. The van der Waals surface area contributed by atoms with E-state index in [0.29, 0.717) is 6.61 Å². The van der Waals surface area contributed by atoms with Crippen molar-refractivity contribution in [3.8, 4) is 0 Å². The molecule has 0 fully saturated rings. The first-order chi connectivity index (χ1) is 6.34. The van der Waals surface area contributed by atoms with Crippen molar-refractivity contribution < 1.29 is 4.84 Å². The summed E-state index contributed by atoms with van der Waals surface area (Å²) in [6.07, 6.45) is 4.49. The van der Waals surface area contributed by atoms with Crippen LogP contribution < -0.4 is 0 Å². The summed E-state index contributed by atoms with van der Waals surface area (Å²) in [6.45, 7) is 4.62. The van der Waals surface area contributed by atoms with Crippen molar-refractivity contribution in [2.45, 2.75) is 20.3 Å². The number of hydrogen-bond donors (Lipinski definition) is 0. The van der Waals surface area contributed by atoms with E-state index in [0.717, 1.165) is 17.7 Å². The second kappa shape index (κ2) is 7.33. The predicted octanol–water partition coefficient (Wildman–Crippen LogP) is 2.65. The SMILES string of the molecule is CCCO/N=C(/C)c1cccnc1.Cl. The quantitative estimate of drug-likeness (QED) is 0.439. The molecule has 0 radical (unpaired) electrons. The molecule has 0 amide bonds. The molecule has 0 aromatic carbocycles. The van der Waals surface area contributed by atoms with Crippen molar-refractivity contribution in [3.63, 3.8) is 0 Å². The molecule has 0 spiro atoms. The highest BCUT2D eigenvalue weighted by Gasteiger charge is 1.95. The van der Waals surface area contributed by atoms with Crippen LogP contribution in [0.25, 0.3) is 0 Å². The lowest BCUT2D eigenvalue weighted by Gasteiger charge is -1.99. The molecular weight excluding hydrogens is 200 g/mol. The van der Waals surface area contributed by atoms with E-state index in [1.807, 2.05) is 19.1 Å². The first kappa shape index (κ1) is 12.9. The third kappa shape index (κ3) is 4.23. The van der Waals surface area contributed by atoms with Gasteiger partial charge in [-0.3, -0.25) is 4.98 Å². The molecule has 0 unspecified atom stereocenters. The summed E-state index contributed by atoms with van der Waals surface area (Å²) in [5.41, 5.74) is 1.86. The Morgan fingerprint density at radius 3 is 2.93 bits per heavy atom. The fraction of sp³-hybridized carbons (Fsp3) is 0.400. The lowest BCUT2D eigenvalue weighted by atomic mass is 10.2. The van der Waals surface area contributed by atoms with E-state index in [-0.39, 0.29) is 12.4 Å².